The number of rotatable bonds is 8. The molecule has 2 rings (SSSR count). The standard InChI is InChI=1S/C18H32N6O2S/c1-4-19-18(21-11-8-12-22(3)27(25,26)5-2)24-15-13-23(14-16-24)17-9-6-7-10-20-17/h6-7,9-10H,4-5,8,11-16H2,1-3H3,(H,19,21). The zero-order valence-electron chi connectivity index (χ0n) is 16.6. The van der Waals surface area contributed by atoms with Gasteiger partial charge in [-0.3, -0.25) is 4.99 Å². The molecule has 0 bridgehead atoms. The Morgan fingerprint density at radius 2 is 2.00 bits per heavy atom. The predicted molar refractivity (Wildman–Crippen MR) is 111 cm³/mol. The monoisotopic (exact) mass is 396 g/mol. The van der Waals surface area contributed by atoms with E-state index in [1.165, 1.54) is 4.31 Å². The fraction of sp³-hybridized carbons (Fsp3) is 0.667. The number of nitrogens with one attached hydrogen (secondary N) is 1. The summed E-state index contributed by atoms with van der Waals surface area (Å²) in [4.78, 5) is 13.7. The fourth-order valence-corrected chi connectivity index (χ4v) is 3.80. The summed E-state index contributed by atoms with van der Waals surface area (Å²) in [6, 6.07) is 5.98. The molecule has 1 aromatic rings. The lowest BCUT2D eigenvalue weighted by molar-refractivity contribution is 0.371. The van der Waals surface area contributed by atoms with Crippen LogP contribution in [-0.4, -0.2) is 87.2 Å². The first kappa shape index (κ1) is 21.4. The molecule has 1 aliphatic heterocycles. The van der Waals surface area contributed by atoms with Crippen molar-refractivity contribution in [2.75, 3.05) is 63.5 Å². The van der Waals surface area contributed by atoms with Crippen LogP contribution in [0, 0.1) is 0 Å². The van der Waals surface area contributed by atoms with Crippen molar-refractivity contribution < 1.29 is 8.42 Å². The van der Waals surface area contributed by atoms with Crippen LogP contribution in [0.3, 0.4) is 0 Å². The molecule has 0 aliphatic carbocycles. The van der Waals surface area contributed by atoms with E-state index in [0.29, 0.717) is 19.5 Å². The molecule has 1 N–H and O–H groups in total. The maximum absolute atomic E-state index is 11.8. The molecule has 0 unspecified atom stereocenters. The van der Waals surface area contributed by atoms with Gasteiger partial charge in [0.2, 0.25) is 10.0 Å². The van der Waals surface area contributed by atoms with E-state index in [4.69, 9.17) is 4.99 Å². The second-order valence-electron chi connectivity index (χ2n) is 6.47. The van der Waals surface area contributed by atoms with Crippen molar-refractivity contribution in [2.24, 2.45) is 4.99 Å². The molecule has 8 nitrogen and oxygen atoms in total. The molecule has 0 aromatic carbocycles. The van der Waals surface area contributed by atoms with Gasteiger partial charge in [-0.15, -0.1) is 0 Å². The maximum Gasteiger partial charge on any atom is 0.213 e. The molecule has 0 radical (unpaired) electrons. The van der Waals surface area contributed by atoms with Crippen molar-refractivity contribution in [1.29, 1.82) is 0 Å². The topological polar surface area (TPSA) is 81.1 Å². The van der Waals surface area contributed by atoms with Gasteiger partial charge in [0.1, 0.15) is 5.82 Å². The molecule has 152 valence electrons. The zero-order valence-corrected chi connectivity index (χ0v) is 17.5. The predicted octanol–water partition coefficient (Wildman–Crippen LogP) is 0.841. The number of aromatic nitrogens is 1. The lowest BCUT2D eigenvalue weighted by Crippen LogP contribution is -2.52. The van der Waals surface area contributed by atoms with Crippen molar-refractivity contribution in [3.63, 3.8) is 0 Å². The van der Waals surface area contributed by atoms with Crippen molar-refractivity contribution in [3.05, 3.63) is 24.4 Å². The number of hydrogen-bond acceptors (Lipinski definition) is 5. The van der Waals surface area contributed by atoms with Gasteiger partial charge in [-0.1, -0.05) is 6.07 Å². The number of pyridine rings is 1. The third-order valence-corrected chi connectivity index (χ3v) is 6.48. The first-order chi connectivity index (χ1) is 13.0. The number of hydrogen-bond donors (Lipinski definition) is 1. The highest BCUT2D eigenvalue weighted by Gasteiger charge is 2.20. The SMILES string of the molecule is CCNC(=NCCCN(C)S(=O)(=O)CC)N1CCN(c2ccccn2)CC1. The van der Waals surface area contributed by atoms with Gasteiger partial charge in [0.25, 0.3) is 0 Å². The Morgan fingerprint density at radius 1 is 1.26 bits per heavy atom. The van der Waals surface area contributed by atoms with E-state index >= 15 is 0 Å². The van der Waals surface area contributed by atoms with Crippen LogP contribution in [-0.2, 0) is 10.0 Å². The summed E-state index contributed by atoms with van der Waals surface area (Å²) in [5, 5.41) is 3.35. The largest absolute Gasteiger partial charge is 0.357 e. The van der Waals surface area contributed by atoms with Gasteiger partial charge in [-0.25, -0.2) is 17.7 Å². The van der Waals surface area contributed by atoms with Crippen LogP contribution >= 0.6 is 0 Å². The Bertz CT molecular complexity index is 687. The van der Waals surface area contributed by atoms with Crippen LogP contribution in [0.5, 0.6) is 0 Å². The molecule has 27 heavy (non-hydrogen) atoms. The van der Waals surface area contributed by atoms with E-state index in [2.05, 4.69) is 27.0 Å². The van der Waals surface area contributed by atoms with E-state index in [9.17, 15) is 8.42 Å². The normalized spacial score (nSPS) is 16.1. The summed E-state index contributed by atoms with van der Waals surface area (Å²) < 4.78 is 25.0. The Labute approximate surface area is 163 Å². The molecule has 0 amide bonds. The summed E-state index contributed by atoms with van der Waals surface area (Å²) in [6.07, 6.45) is 2.53. The molecule has 1 aromatic heterocycles. The number of guanidine groups is 1. The summed E-state index contributed by atoms with van der Waals surface area (Å²) >= 11 is 0. The average Bonchev–Trinajstić information content (AvgIpc) is 2.71. The molecule has 2 heterocycles. The highest BCUT2D eigenvalue weighted by Crippen LogP contribution is 2.12. The molecule has 1 saturated heterocycles. The van der Waals surface area contributed by atoms with Gasteiger partial charge in [0.15, 0.2) is 5.96 Å². The Kier molecular flexibility index (Phi) is 8.30. The van der Waals surface area contributed by atoms with Crippen molar-refractivity contribution >= 4 is 21.8 Å². The quantitative estimate of drug-likeness (QED) is 0.398. The smallest absolute Gasteiger partial charge is 0.213 e. The van der Waals surface area contributed by atoms with Crippen molar-refractivity contribution in [1.82, 2.24) is 19.5 Å². The summed E-state index contributed by atoms with van der Waals surface area (Å²) in [7, 11) is -1.49. The number of nitrogens with zero attached hydrogens (tertiary/aromatic N) is 5. The Balaban J connectivity index is 1.85. The molecular formula is C18H32N6O2S. The molecule has 9 heteroatoms. The Hall–Kier alpha value is -1.87. The second kappa shape index (κ2) is 10.5. The summed E-state index contributed by atoms with van der Waals surface area (Å²) in [5.41, 5.74) is 0. The van der Waals surface area contributed by atoms with Crippen LogP contribution in [0.2, 0.25) is 0 Å². The number of sulfonamides is 1. The molecule has 1 aliphatic rings. The highest BCUT2D eigenvalue weighted by molar-refractivity contribution is 7.89. The van der Waals surface area contributed by atoms with Gasteiger partial charge in [0, 0.05) is 59.1 Å². The van der Waals surface area contributed by atoms with Gasteiger partial charge < -0.3 is 15.1 Å². The van der Waals surface area contributed by atoms with E-state index < -0.39 is 10.0 Å². The van der Waals surface area contributed by atoms with Gasteiger partial charge in [-0.05, 0) is 32.4 Å². The molecule has 1 fully saturated rings. The van der Waals surface area contributed by atoms with E-state index in [1.54, 1.807) is 14.0 Å². The number of piperazine rings is 1. The first-order valence-corrected chi connectivity index (χ1v) is 11.2. The van der Waals surface area contributed by atoms with Gasteiger partial charge in [-0.2, -0.15) is 0 Å². The van der Waals surface area contributed by atoms with Crippen molar-refractivity contribution in [3.8, 4) is 0 Å². The summed E-state index contributed by atoms with van der Waals surface area (Å²) in [5.74, 6) is 2.05. The highest BCUT2D eigenvalue weighted by atomic mass is 32.2. The van der Waals surface area contributed by atoms with Crippen LogP contribution in [0.1, 0.15) is 20.3 Å². The zero-order chi connectivity index (χ0) is 19.7. The first-order valence-electron chi connectivity index (χ1n) is 9.61. The van der Waals surface area contributed by atoms with Gasteiger partial charge >= 0.3 is 0 Å². The average molecular weight is 397 g/mol. The van der Waals surface area contributed by atoms with Crippen LogP contribution in [0.25, 0.3) is 0 Å². The maximum atomic E-state index is 11.8. The molecule has 0 saturated carbocycles. The van der Waals surface area contributed by atoms with Crippen LogP contribution in [0.15, 0.2) is 29.4 Å². The minimum Gasteiger partial charge on any atom is -0.357 e. The van der Waals surface area contributed by atoms with E-state index in [-0.39, 0.29) is 5.75 Å². The number of anilines is 1. The minimum absolute atomic E-state index is 0.135. The van der Waals surface area contributed by atoms with Crippen molar-refractivity contribution in [2.45, 2.75) is 20.3 Å². The van der Waals surface area contributed by atoms with Crippen LogP contribution in [0.4, 0.5) is 5.82 Å². The number of aliphatic imine (C=N–C) groups is 1. The summed E-state index contributed by atoms with van der Waals surface area (Å²) in [6.45, 7) is 9.19. The second-order valence-corrected chi connectivity index (χ2v) is 8.84. The molecule has 0 atom stereocenters. The van der Waals surface area contributed by atoms with E-state index in [1.807, 2.05) is 24.4 Å². The van der Waals surface area contributed by atoms with Gasteiger partial charge in [0.05, 0.1) is 5.75 Å². The Morgan fingerprint density at radius 3 is 2.59 bits per heavy atom. The molecular weight excluding hydrogens is 364 g/mol. The third kappa shape index (κ3) is 6.35. The fourth-order valence-electron chi connectivity index (χ4n) is 2.95. The minimum atomic E-state index is -3.11. The lowest BCUT2D eigenvalue weighted by Gasteiger charge is -2.37. The van der Waals surface area contributed by atoms with E-state index in [0.717, 1.165) is 44.5 Å². The molecule has 0 spiro atoms. The third-order valence-electron chi connectivity index (χ3n) is 4.62. The van der Waals surface area contributed by atoms with Crippen LogP contribution < -0.4 is 10.2 Å². The lowest BCUT2D eigenvalue weighted by atomic mass is 10.3.